The van der Waals surface area contributed by atoms with Gasteiger partial charge in [-0.05, 0) is 42.2 Å². The highest BCUT2D eigenvalue weighted by atomic mass is 32.2. The second kappa shape index (κ2) is 8.46. The molecule has 2 aromatic carbocycles. The Balaban J connectivity index is 1.74. The Morgan fingerprint density at radius 1 is 1.10 bits per heavy atom. The van der Waals surface area contributed by atoms with Gasteiger partial charge in [-0.1, -0.05) is 26.0 Å². The Bertz CT molecular complexity index is 987. The third-order valence-corrected chi connectivity index (χ3v) is 7.33. The number of nitro groups is 1. The van der Waals surface area contributed by atoms with Crippen molar-refractivity contribution >= 4 is 21.4 Å². The predicted octanol–water partition coefficient (Wildman–Crippen LogP) is 3.76. The number of hydrogen-bond donors (Lipinski definition) is 0. The van der Waals surface area contributed by atoms with Crippen LogP contribution in [0.3, 0.4) is 0 Å². The molecule has 0 radical (unpaired) electrons. The average Bonchev–Trinajstić information content (AvgIpc) is 2.73. The number of anilines is 1. The van der Waals surface area contributed by atoms with Crippen molar-refractivity contribution < 1.29 is 17.7 Å². The lowest BCUT2D eigenvalue weighted by Crippen LogP contribution is -2.48. The number of benzene rings is 2. The summed E-state index contributed by atoms with van der Waals surface area (Å²) in [7, 11) is -3.64. The van der Waals surface area contributed by atoms with Gasteiger partial charge >= 0.3 is 0 Å². The molecule has 7 nitrogen and oxygen atoms in total. The lowest BCUT2D eigenvalue weighted by atomic mass is 9.99. The van der Waals surface area contributed by atoms with E-state index in [9.17, 15) is 22.9 Å². The van der Waals surface area contributed by atoms with Crippen molar-refractivity contribution in [3.05, 3.63) is 64.0 Å². The van der Waals surface area contributed by atoms with Crippen LogP contribution in [0.2, 0.25) is 0 Å². The van der Waals surface area contributed by atoms with Gasteiger partial charge in [0.1, 0.15) is 11.5 Å². The van der Waals surface area contributed by atoms with E-state index < -0.39 is 20.8 Å². The van der Waals surface area contributed by atoms with Gasteiger partial charge in [0.2, 0.25) is 10.0 Å². The van der Waals surface area contributed by atoms with E-state index in [1.807, 2.05) is 12.1 Å². The van der Waals surface area contributed by atoms with Gasteiger partial charge in [-0.15, -0.1) is 0 Å². The summed E-state index contributed by atoms with van der Waals surface area (Å²) in [4.78, 5) is 12.6. The summed E-state index contributed by atoms with van der Waals surface area (Å²) in [6.07, 6.45) is 0.976. The van der Waals surface area contributed by atoms with Gasteiger partial charge in [0.15, 0.2) is 0 Å². The molecule has 1 atom stereocenters. The molecule has 1 aliphatic rings. The topological polar surface area (TPSA) is 83.8 Å². The zero-order valence-electron chi connectivity index (χ0n) is 16.4. The summed E-state index contributed by atoms with van der Waals surface area (Å²) in [5.74, 6) is -0.315. The molecule has 0 aliphatic carbocycles. The second-order valence-electron chi connectivity index (χ2n) is 7.16. The number of nitrogens with zero attached hydrogens (tertiary/aromatic N) is 3. The van der Waals surface area contributed by atoms with Gasteiger partial charge in [0, 0.05) is 26.2 Å². The van der Waals surface area contributed by atoms with Crippen LogP contribution in [0.15, 0.2) is 47.4 Å². The molecule has 0 bridgehead atoms. The summed E-state index contributed by atoms with van der Waals surface area (Å²) in [6, 6.07) is 10.4. The van der Waals surface area contributed by atoms with Crippen LogP contribution in [-0.4, -0.2) is 43.8 Å². The quantitative estimate of drug-likeness (QED) is 0.524. The van der Waals surface area contributed by atoms with E-state index in [1.54, 1.807) is 17.0 Å². The molecule has 156 valence electrons. The van der Waals surface area contributed by atoms with Crippen LogP contribution in [0.1, 0.15) is 31.7 Å². The Morgan fingerprint density at radius 3 is 2.28 bits per heavy atom. The summed E-state index contributed by atoms with van der Waals surface area (Å²) in [5, 5.41) is 11.2. The predicted molar refractivity (Wildman–Crippen MR) is 109 cm³/mol. The number of sulfonamides is 1. The highest BCUT2D eigenvalue weighted by molar-refractivity contribution is 7.89. The fourth-order valence-corrected chi connectivity index (χ4v) is 4.85. The number of halogens is 1. The molecular formula is C20H24FN3O4S. The molecule has 1 fully saturated rings. The molecule has 2 aromatic rings. The number of hydrogen-bond acceptors (Lipinski definition) is 5. The SMILES string of the molecule is CC[C@@H](C)c1ccc(S(=O)(=O)N2CCN(c3ccc(F)cc3[N+](=O)[O-])CC2)cc1. The third-order valence-electron chi connectivity index (χ3n) is 5.41. The fraction of sp³-hybridized carbons (Fsp3) is 0.400. The summed E-state index contributed by atoms with van der Waals surface area (Å²) >= 11 is 0. The minimum atomic E-state index is -3.64. The number of piperazine rings is 1. The maximum Gasteiger partial charge on any atom is 0.295 e. The summed E-state index contributed by atoms with van der Waals surface area (Å²) in [5.41, 5.74) is 1.08. The molecule has 3 rings (SSSR count). The monoisotopic (exact) mass is 421 g/mol. The van der Waals surface area contributed by atoms with Crippen molar-refractivity contribution in [2.75, 3.05) is 31.1 Å². The van der Waals surface area contributed by atoms with E-state index in [4.69, 9.17) is 0 Å². The maximum absolute atomic E-state index is 13.4. The van der Waals surface area contributed by atoms with Crippen LogP contribution in [0.25, 0.3) is 0 Å². The first kappa shape index (κ1) is 21.2. The smallest absolute Gasteiger partial charge is 0.295 e. The standard InChI is InChI=1S/C20H24FN3O4S/c1-3-15(2)16-4-7-18(8-5-16)29(27,28)23-12-10-22(11-13-23)19-9-6-17(21)14-20(19)24(25)26/h4-9,14-15H,3,10-13H2,1-2H3/t15-/m1/s1. The Labute approximate surface area is 170 Å². The maximum atomic E-state index is 13.4. The number of rotatable bonds is 6. The molecular weight excluding hydrogens is 397 g/mol. The fourth-order valence-electron chi connectivity index (χ4n) is 3.43. The average molecular weight is 421 g/mol. The zero-order chi connectivity index (χ0) is 21.2. The molecule has 9 heteroatoms. The largest absolute Gasteiger partial charge is 0.363 e. The molecule has 0 spiro atoms. The number of nitro benzene ring substituents is 1. The second-order valence-corrected chi connectivity index (χ2v) is 9.10. The molecule has 29 heavy (non-hydrogen) atoms. The van der Waals surface area contributed by atoms with Gasteiger partial charge in [-0.2, -0.15) is 4.31 Å². The molecule has 1 heterocycles. The van der Waals surface area contributed by atoms with Crippen LogP contribution >= 0.6 is 0 Å². The zero-order valence-corrected chi connectivity index (χ0v) is 17.2. The summed E-state index contributed by atoms with van der Waals surface area (Å²) < 4.78 is 40.7. The van der Waals surface area contributed by atoms with Crippen molar-refractivity contribution in [2.45, 2.75) is 31.1 Å². The van der Waals surface area contributed by atoms with E-state index in [0.29, 0.717) is 11.6 Å². The lowest BCUT2D eigenvalue weighted by molar-refractivity contribution is -0.384. The van der Waals surface area contributed by atoms with E-state index in [2.05, 4.69) is 13.8 Å². The Hall–Kier alpha value is -2.52. The molecule has 0 aromatic heterocycles. The van der Waals surface area contributed by atoms with Crippen molar-refractivity contribution in [1.82, 2.24) is 4.31 Å². The highest BCUT2D eigenvalue weighted by Crippen LogP contribution is 2.30. The minimum Gasteiger partial charge on any atom is -0.363 e. The van der Waals surface area contributed by atoms with Crippen molar-refractivity contribution in [1.29, 1.82) is 0 Å². The summed E-state index contributed by atoms with van der Waals surface area (Å²) in [6.45, 7) is 5.15. The van der Waals surface area contributed by atoms with Gasteiger partial charge in [0.05, 0.1) is 15.9 Å². The van der Waals surface area contributed by atoms with Crippen molar-refractivity contribution in [3.63, 3.8) is 0 Å². The minimum absolute atomic E-state index is 0.198. The molecule has 0 saturated carbocycles. The highest BCUT2D eigenvalue weighted by Gasteiger charge is 2.30. The lowest BCUT2D eigenvalue weighted by Gasteiger charge is -2.35. The van der Waals surface area contributed by atoms with Gasteiger partial charge in [-0.3, -0.25) is 10.1 Å². The Kier molecular flexibility index (Phi) is 6.18. The molecule has 1 saturated heterocycles. The van der Waals surface area contributed by atoms with Crippen LogP contribution in [-0.2, 0) is 10.0 Å². The van der Waals surface area contributed by atoms with E-state index in [-0.39, 0.29) is 36.8 Å². The Morgan fingerprint density at radius 2 is 1.72 bits per heavy atom. The van der Waals surface area contributed by atoms with Crippen molar-refractivity contribution in [3.8, 4) is 0 Å². The van der Waals surface area contributed by atoms with Gasteiger partial charge < -0.3 is 4.90 Å². The van der Waals surface area contributed by atoms with Crippen LogP contribution in [0, 0.1) is 15.9 Å². The molecule has 1 aliphatic heterocycles. The van der Waals surface area contributed by atoms with Gasteiger partial charge in [-0.25, -0.2) is 12.8 Å². The van der Waals surface area contributed by atoms with Gasteiger partial charge in [0.25, 0.3) is 5.69 Å². The first-order chi connectivity index (χ1) is 13.7. The molecule has 0 N–H and O–H groups in total. The third kappa shape index (κ3) is 4.40. The van der Waals surface area contributed by atoms with Crippen LogP contribution < -0.4 is 4.90 Å². The van der Waals surface area contributed by atoms with Crippen LogP contribution in [0.4, 0.5) is 15.8 Å². The first-order valence-corrected chi connectivity index (χ1v) is 11.0. The van der Waals surface area contributed by atoms with E-state index in [1.165, 1.54) is 16.4 Å². The van der Waals surface area contributed by atoms with E-state index >= 15 is 0 Å². The van der Waals surface area contributed by atoms with Crippen LogP contribution in [0.5, 0.6) is 0 Å². The molecule has 0 amide bonds. The molecule has 0 unspecified atom stereocenters. The normalized spacial score (nSPS) is 16.6. The van der Waals surface area contributed by atoms with E-state index in [0.717, 1.165) is 18.1 Å². The first-order valence-electron chi connectivity index (χ1n) is 9.53. The van der Waals surface area contributed by atoms with Crippen molar-refractivity contribution in [2.24, 2.45) is 0 Å².